The minimum absolute atomic E-state index is 0. The molecule has 0 aromatic rings. The van der Waals surface area contributed by atoms with Crippen molar-refractivity contribution < 1.29 is 51.4 Å². The number of hydrogen-bond acceptors (Lipinski definition) is 1. The predicted octanol–water partition coefficient (Wildman–Crippen LogP) is -1.79. The molecule has 2 heteroatoms. The number of hydrogen-bond donors (Lipinski definition) is 1. The molecule has 0 spiro atoms. The Morgan fingerprint density at radius 2 is 1.89 bits per heavy atom. The Balaban J connectivity index is 0.000000640. The number of rotatable bonds is 1. The van der Waals surface area contributed by atoms with Gasteiger partial charge in [0.25, 0.3) is 0 Å². The summed E-state index contributed by atoms with van der Waals surface area (Å²) < 4.78 is 0. The van der Waals surface area contributed by atoms with E-state index in [-0.39, 0.29) is 51.4 Å². The quantitative estimate of drug-likeness (QED) is 0.345. The fourth-order valence-corrected chi connectivity index (χ4v) is 1.17. The first-order chi connectivity index (χ1) is 3.93. The topological polar surface area (TPSA) is 12.0 Å². The van der Waals surface area contributed by atoms with Crippen LogP contribution in [0.2, 0.25) is 0 Å². The van der Waals surface area contributed by atoms with Gasteiger partial charge in [-0.15, -0.1) is 0 Å². The van der Waals surface area contributed by atoms with Crippen LogP contribution < -0.4 is 56.7 Å². The molecule has 0 aromatic carbocycles. The van der Waals surface area contributed by atoms with Crippen molar-refractivity contribution in [1.29, 1.82) is 0 Å². The normalized spacial score (nSPS) is 21.0. The Kier molecular flexibility index (Phi) is 7.44. The summed E-state index contributed by atoms with van der Waals surface area (Å²) in [5, 5.41) is 3.32. The third-order valence-corrected chi connectivity index (χ3v) is 1.87. The first-order valence-corrected chi connectivity index (χ1v) is 3.43. The minimum atomic E-state index is 0. The van der Waals surface area contributed by atoms with Crippen molar-refractivity contribution in [3.05, 3.63) is 6.92 Å². The standard InChI is InChI=1S/C7H14N.K/c1-2-7-3-5-8-6-4-7;/h7-8H,1-6H2;/q-1;+1. The van der Waals surface area contributed by atoms with Crippen LogP contribution in [0.1, 0.15) is 19.3 Å². The second kappa shape index (κ2) is 6.32. The van der Waals surface area contributed by atoms with Crippen LogP contribution in [-0.4, -0.2) is 13.1 Å². The molecule has 48 valence electrons. The van der Waals surface area contributed by atoms with Gasteiger partial charge in [0, 0.05) is 0 Å². The van der Waals surface area contributed by atoms with Crippen LogP contribution in [0.15, 0.2) is 0 Å². The zero-order valence-corrected chi connectivity index (χ0v) is 9.44. The summed E-state index contributed by atoms with van der Waals surface area (Å²) in [6, 6.07) is 0. The van der Waals surface area contributed by atoms with Gasteiger partial charge in [-0.25, -0.2) is 0 Å². The van der Waals surface area contributed by atoms with Gasteiger partial charge in [0.15, 0.2) is 0 Å². The fraction of sp³-hybridized carbons (Fsp3) is 0.857. The molecule has 0 aliphatic carbocycles. The number of piperidine rings is 1. The van der Waals surface area contributed by atoms with Crippen LogP contribution >= 0.6 is 0 Å². The van der Waals surface area contributed by atoms with E-state index >= 15 is 0 Å². The molecule has 1 rings (SSSR count). The summed E-state index contributed by atoms with van der Waals surface area (Å²) in [7, 11) is 0. The van der Waals surface area contributed by atoms with Gasteiger partial charge in [0.2, 0.25) is 0 Å². The molecular weight excluding hydrogens is 137 g/mol. The summed E-state index contributed by atoms with van der Waals surface area (Å²) in [4.78, 5) is 0. The van der Waals surface area contributed by atoms with Gasteiger partial charge in [-0.3, -0.25) is 0 Å². The van der Waals surface area contributed by atoms with Gasteiger partial charge in [0.1, 0.15) is 0 Å². The van der Waals surface area contributed by atoms with Crippen LogP contribution in [0.25, 0.3) is 0 Å². The zero-order chi connectivity index (χ0) is 5.82. The molecule has 0 amide bonds. The second-order valence-electron chi connectivity index (χ2n) is 2.48. The van der Waals surface area contributed by atoms with E-state index < -0.39 is 0 Å². The molecule has 1 nitrogen and oxygen atoms in total. The molecule has 0 saturated carbocycles. The first kappa shape index (κ1) is 10.6. The smallest absolute Gasteiger partial charge is 0.343 e. The van der Waals surface area contributed by atoms with Crippen molar-refractivity contribution in [1.82, 2.24) is 5.32 Å². The number of nitrogens with one attached hydrogen (secondary N) is 1. The van der Waals surface area contributed by atoms with Crippen LogP contribution in [-0.2, 0) is 0 Å². The molecule has 0 radical (unpaired) electrons. The summed E-state index contributed by atoms with van der Waals surface area (Å²) in [5.41, 5.74) is 0. The van der Waals surface area contributed by atoms with Crippen molar-refractivity contribution in [2.75, 3.05) is 13.1 Å². The van der Waals surface area contributed by atoms with Gasteiger partial charge in [-0.2, -0.15) is 6.42 Å². The molecule has 1 saturated heterocycles. The van der Waals surface area contributed by atoms with Crippen LogP contribution in [0.5, 0.6) is 0 Å². The molecule has 0 bridgehead atoms. The van der Waals surface area contributed by atoms with Crippen LogP contribution in [0.3, 0.4) is 0 Å². The fourth-order valence-electron chi connectivity index (χ4n) is 1.17. The van der Waals surface area contributed by atoms with E-state index in [2.05, 4.69) is 12.2 Å². The van der Waals surface area contributed by atoms with Crippen molar-refractivity contribution in [3.63, 3.8) is 0 Å². The predicted molar refractivity (Wildman–Crippen MR) is 35.6 cm³/mol. The van der Waals surface area contributed by atoms with Gasteiger partial charge < -0.3 is 12.2 Å². The summed E-state index contributed by atoms with van der Waals surface area (Å²) >= 11 is 0. The molecule has 0 atom stereocenters. The molecule has 1 aliphatic rings. The second-order valence-corrected chi connectivity index (χ2v) is 2.48. The average molecular weight is 151 g/mol. The third kappa shape index (κ3) is 4.12. The first-order valence-electron chi connectivity index (χ1n) is 3.43. The summed E-state index contributed by atoms with van der Waals surface area (Å²) in [5.74, 6) is 0.913. The average Bonchev–Trinajstić information content (AvgIpc) is 1.90. The van der Waals surface area contributed by atoms with E-state index in [9.17, 15) is 0 Å². The summed E-state index contributed by atoms with van der Waals surface area (Å²) in [6.07, 6.45) is 3.80. The Labute approximate surface area is 100 Å². The molecule has 0 aromatic heterocycles. The van der Waals surface area contributed by atoms with Gasteiger partial charge in [0.05, 0.1) is 0 Å². The van der Waals surface area contributed by atoms with Gasteiger partial charge >= 0.3 is 51.4 Å². The Bertz CT molecular complexity index is 59.9. The van der Waals surface area contributed by atoms with Crippen molar-refractivity contribution >= 4 is 0 Å². The molecule has 1 fully saturated rings. The molecular formula is C7H14KN. The van der Waals surface area contributed by atoms with Crippen LogP contribution in [0, 0.1) is 12.8 Å². The van der Waals surface area contributed by atoms with Gasteiger partial charge in [-0.05, 0) is 25.9 Å². The summed E-state index contributed by atoms with van der Waals surface area (Å²) in [6.45, 7) is 6.30. The Morgan fingerprint density at radius 1 is 1.33 bits per heavy atom. The minimum Gasteiger partial charge on any atom is -0.343 e. The zero-order valence-electron chi connectivity index (χ0n) is 6.32. The maximum atomic E-state index is 3.88. The molecule has 1 aliphatic heterocycles. The van der Waals surface area contributed by atoms with E-state index in [1.54, 1.807) is 0 Å². The van der Waals surface area contributed by atoms with E-state index in [0.29, 0.717) is 0 Å². The Morgan fingerprint density at radius 3 is 2.22 bits per heavy atom. The van der Waals surface area contributed by atoms with E-state index in [4.69, 9.17) is 0 Å². The molecule has 1 N–H and O–H groups in total. The largest absolute Gasteiger partial charge is 1.00 e. The van der Waals surface area contributed by atoms with Gasteiger partial charge in [-0.1, -0.05) is 5.92 Å². The van der Waals surface area contributed by atoms with Crippen molar-refractivity contribution in [2.45, 2.75) is 19.3 Å². The van der Waals surface area contributed by atoms with E-state index in [1.165, 1.54) is 25.9 Å². The van der Waals surface area contributed by atoms with Crippen molar-refractivity contribution in [3.8, 4) is 0 Å². The van der Waals surface area contributed by atoms with E-state index in [0.717, 1.165) is 12.3 Å². The van der Waals surface area contributed by atoms with Crippen molar-refractivity contribution in [2.24, 2.45) is 5.92 Å². The Hall–Kier alpha value is 1.60. The SMILES string of the molecule is [CH2-]CC1CCNCC1.[K+]. The van der Waals surface area contributed by atoms with Crippen LogP contribution in [0.4, 0.5) is 0 Å². The molecule has 0 unspecified atom stereocenters. The maximum Gasteiger partial charge on any atom is 1.00 e. The molecule has 9 heavy (non-hydrogen) atoms. The third-order valence-electron chi connectivity index (χ3n) is 1.87. The maximum absolute atomic E-state index is 3.88. The monoisotopic (exact) mass is 151 g/mol. The van der Waals surface area contributed by atoms with E-state index in [1.807, 2.05) is 0 Å². The molecule has 1 heterocycles.